The highest BCUT2D eigenvalue weighted by Gasteiger charge is 2.22. The molecule has 1 aromatic rings. The molecule has 1 aliphatic heterocycles. The van der Waals surface area contributed by atoms with E-state index in [-0.39, 0.29) is 12.4 Å². The summed E-state index contributed by atoms with van der Waals surface area (Å²) in [5.74, 6) is 0. The van der Waals surface area contributed by atoms with Crippen LogP contribution in [0.1, 0.15) is 24.6 Å². The second-order valence-corrected chi connectivity index (χ2v) is 5.72. The van der Waals surface area contributed by atoms with Crippen LogP contribution in [0.5, 0.6) is 0 Å². The SMILES string of the molecule is CCCC1CNCCN1Cc1sccc1Cl.Cl. The molecule has 0 radical (unpaired) electrons. The number of nitrogens with one attached hydrogen (secondary N) is 1. The molecule has 1 fully saturated rings. The van der Waals surface area contributed by atoms with Crippen molar-refractivity contribution in [3.63, 3.8) is 0 Å². The lowest BCUT2D eigenvalue weighted by atomic mass is 10.1. The predicted molar refractivity (Wildman–Crippen MR) is 78.6 cm³/mol. The van der Waals surface area contributed by atoms with Gasteiger partial charge in [0, 0.05) is 37.1 Å². The van der Waals surface area contributed by atoms with Crippen LogP contribution in [0.4, 0.5) is 0 Å². The van der Waals surface area contributed by atoms with Gasteiger partial charge in [0.25, 0.3) is 0 Å². The first kappa shape index (κ1) is 15.3. The van der Waals surface area contributed by atoms with Gasteiger partial charge in [0.05, 0.1) is 5.02 Å². The first-order valence-corrected chi connectivity index (χ1v) is 7.23. The Labute approximate surface area is 119 Å². The van der Waals surface area contributed by atoms with Gasteiger partial charge in [-0.05, 0) is 17.9 Å². The van der Waals surface area contributed by atoms with Gasteiger partial charge in [-0.25, -0.2) is 0 Å². The van der Waals surface area contributed by atoms with Crippen LogP contribution < -0.4 is 5.32 Å². The molecule has 0 aromatic carbocycles. The number of nitrogens with zero attached hydrogens (tertiary/aromatic N) is 1. The summed E-state index contributed by atoms with van der Waals surface area (Å²) >= 11 is 7.92. The molecule has 1 atom stereocenters. The molecule has 5 heteroatoms. The highest BCUT2D eigenvalue weighted by molar-refractivity contribution is 7.10. The zero-order valence-corrected chi connectivity index (χ0v) is 12.5. The summed E-state index contributed by atoms with van der Waals surface area (Å²) in [7, 11) is 0. The Bertz CT molecular complexity index is 328. The normalized spacial score (nSPS) is 21.2. The average Bonchev–Trinajstić information content (AvgIpc) is 2.68. The van der Waals surface area contributed by atoms with Crippen molar-refractivity contribution in [1.29, 1.82) is 0 Å². The zero-order valence-electron chi connectivity index (χ0n) is 10.1. The van der Waals surface area contributed by atoms with E-state index >= 15 is 0 Å². The Balaban J connectivity index is 0.00000144. The second-order valence-electron chi connectivity index (χ2n) is 4.31. The molecule has 0 amide bonds. The van der Waals surface area contributed by atoms with Gasteiger partial charge < -0.3 is 5.32 Å². The summed E-state index contributed by atoms with van der Waals surface area (Å²) in [4.78, 5) is 3.88. The Kier molecular flexibility index (Phi) is 6.82. The first-order valence-electron chi connectivity index (χ1n) is 5.98. The van der Waals surface area contributed by atoms with Crippen LogP contribution in [-0.4, -0.2) is 30.6 Å². The van der Waals surface area contributed by atoms with E-state index in [9.17, 15) is 0 Å². The summed E-state index contributed by atoms with van der Waals surface area (Å²) in [6.45, 7) is 6.63. The fraction of sp³-hybridized carbons (Fsp3) is 0.667. The van der Waals surface area contributed by atoms with Crippen molar-refractivity contribution in [2.75, 3.05) is 19.6 Å². The fourth-order valence-electron chi connectivity index (χ4n) is 2.25. The summed E-state index contributed by atoms with van der Waals surface area (Å²) in [5.41, 5.74) is 0. The van der Waals surface area contributed by atoms with Crippen LogP contribution in [0.2, 0.25) is 5.02 Å². The number of piperazine rings is 1. The van der Waals surface area contributed by atoms with E-state index in [0.717, 1.165) is 31.2 Å². The van der Waals surface area contributed by atoms with Crippen LogP contribution >= 0.6 is 35.3 Å². The van der Waals surface area contributed by atoms with Crippen molar-refractivity contribution in [2.45, 2.75) is 32.4 Å². The molecule has 1 saturated heterocycles. The molecule has 1 unspecified atom stereocenters. The average molecular weight is 295 g/mol. The standard InChI is InChI=1S/C12H19ClN2S.ClH/c1-2-3-10-8-14-5-6-15(10)9-12-11(13)4-7-16-12;/h4,7,10,14H,2-3,5-6,8-9H2,1H3;1H. The van der Waals surface area contributed by atoms with Crippen LogP contribution in [0.15, 0.2) is 11.4 Å². The molecule has 2 rings (SSSR count). The maximum absolute atomic E-state index is 6.15. The number of hydrogen-bond acceptors (Lipinski definition) is 3. The lowest BCUT2D eigenvalue weighted by Gasteiger charge is -2.36. The Morgan fingerprint density at radius 3 is 3.06 bits per heavy atom. The van der Waals surface area contributed by atoms with E-state index in [4.69, 9.17) is 11.6 Å². The van der Waals surface area contributed by atoms with E-state index in [2.05, 4.69) is 22.5 Å². The Morgan fingerprint density at radius 1 is 1.59 bits per heavy atom. The van der Waals surface area contributed by atoms with Gasteiger partial charge in [0.15, 0.2) is 0 Å². The lowest BCUT2D eigenvalue weighted by Crippen LogP contribution is -2.50. The zero-order chi connectivity index (χ0) is 11.4. The molecular formula is C12H20Cl2N2S. The summed E-state index contributed by atoms with van der Waals surface area (Å²) in [6.07, 6.45) is 2.52. The van der Waals surface area contributed by atoms with Crippen molar-refractivity contribution in [3.8, 4) is 0 Å². The largest absolute Gasteiger partial charge is 0.314 e. The lowest BCUT2D eigenvalue weighted by molar-refractivity contribution is 0.146. The maximum atomic E-state index is 6.15. The highest BCUT2D eigenvalue weighted by atomic mass is 35.5. The van der Waals surface area contributed by atoms with Crippen molar-refractivity contribution in [1.82, 2.24) is 10.2 Å². The Morgan fingerprint density at radius 2 is 2.41 bits per heavy atom. The van der Waals surface area contributed by atoms with Crippen molar-refractivity contribution in [3.05, 3.63) is 21.3 Å². The topological polar surface area (TPSA) is 15.3 Å². The van der Waals surface area contributed by atoms with Gasteiger partial charge in [-0.15, -0.1) is 23.7 Å². The predicted octanol–water partition coefficient (Wildman–Crippen LogP) is 3.40. The monoisotopic (exact) mass is 294 g/mol. The van der Waals surface area contributed by atoms with Gasteiger partial charge in [-0.3, -0.25) is 4.90 Å². The maximum Gasteiger partial charge on any atom is 0.0558 e. The molecular weight excluding hydrogens is 275 g/mol. The molecule has 0 saturated carbocycles. The van der Waals surface area contributed by atoms with E-state index in [0.29, 0.717) is 6.04 Å². The van der Waals surface area contributed by atoms with Gasteiger partial charge in [0.1, 0.15) is 0 Å². The van der Waals surface area contributed by atoms with Crippen LogP contribution in [0, 0.1) is 0 Å². The molecule has 0 bridgehead atoms. The number of thiophene rings is 1. The van der Waals surface area contributed by atoms with Gasteiger partial charge >= 0.3 is 0 Å². The van der Waals surface area contributed by atoms with Gasteiger partial charge in [-0.2, -0.15) is 0 Å². The number of hydrogen-bond donors (Lipinski definition) is 1. The quantitative estimate of drug-likeness (QED) is 0.916. The third-order valence-electron chi connectivity index (χ3n) is 3.13. The number of halogens is 2. The molecule has 1 N–H and O–H groups in total. The molecule has 0 spiro atoms. The van der Waals surface area contributed by atoms with Crippen LogP contribution in [0.3, 0.4) is 0 Å². The third-order valence-corrected chi connectivity index (χ3v) is 4.50. The summed E-state index contributed by atoms with van der Waals surface area (Å²) < 4.78 is 0. The third kappa shape index (κ3) is 4.11. The minimum atomic E-state index is 0. The van der Waals surface area contributed by atoms with E-state index in [1.165, 1.54) is 17.7 Å². The van der Waals surface area contributed by atoms with E-state index in [1.54, 1.807) is 11.3 Å². The molecule has 0 aliphatic carbocycles. The highest BCUT2D eigenvalue weighted by Crippen LogP contribution is 2.25. The smallest absolute Gasteiger partial charge is 0.0558 e. The Hall–Kier alpha value is 0.200. The number of rotatable bonds is 4. The minimum Gasteiger partial charge on any atom is -0.314 e. The van der Waals surface area contributed by atoms with E-state index < -0.39 is 0 Å². The van der Waals surface area contributed by atoms with E-state index in [1.807, 2.05) is 6.07 Å². The second kappa shape index (κ2) is 7.59. The van der Waals surface area contributed by atoms with Crippen LogP contribution in [-0.2, 0) is 6.54 Å². The van der Waals surface area contributed by atoms with Crippen molar-refractivity contribution >= 4 is 35.3 Å². The first-order chi connectivity index (χ1) is 7.81. The summed E-state index contributed by atoms with van der Waals surface area (Å²) in [5, 5.41) is 6.48. The molecule has 98 valence electrons. The summed E-state index contributed by atoms with van der Waals surface area (Å²) in [6, 6.07) is 2.68. The van der Waals surface area contributed by atoms with Crippen molar-refractivity contribution < 1.29 is 0 Å². The minimum absolute atomic E-state index is 0. The van der Waals surface area contributed by atoms with Crippen molar-refractivity contribution in [2.24, 2.45) is 0 Å². The van der Waals surface area contributed by atoms with Crippen LogP contribution in [0.25, 0.3) is 0 Å². The molecule has 1 aromatic heterocycles. The van der Waals surface area contributed by atoms with Gasteiger partial charge in [0.2, 0.25) is 0 Å². The molecule has 2 nitrogen and oxygen atoms in total. The molecule has 1 aliphatic rings. The molecule has 17 heavy (non-hydrogen) atoms. The fourth-order valence-corrected chi connectivity index (χ4v) is 3.37. The molecule has 2 heterocycles. The van der Waals surface area contributed by atoms with Gasteiger partial charge in [-0.1, -0.05) is 24.9 Å².